The van der Waals surface area contributed by atoms with Gasteiger partial charge in [0.15, 0.2) is 0 Å². The van der Waals surface area contributed by atoms with Crippen LogP contribution in [-0.4, -0.2) is 37.9 Å². The lowest BCUT2D eigenvalue weighted by molar-refractivity contribution is -0.124. The summed E-state index contributed by atoms with van der Waals surface area (Å²) in [7, 11) is 0. The van der Waals surface area contributed by atoms with Crippen molar-refractivity contribution in [3.63, 3.8) is 0 Å². The minimum absolute atomic E-state index is 0.0191. The summed E-state index contributed by atoms with van der Waals surface area (Å²) in [5.74, 6) is -0.359. The van der Waals surface area contributed by atoms with Gasteiger partial charge in [-0.05, 0) is 39.1 Å². The maximum Gasteiger partial charge on any atom is 0.331 e. The van der Waals surface area contributed by atoms with Crippen molar-refractivity contribution in [1.82, 2.24) is 19.4 Å². The molecule has 1 N–H and O–H groups in total. The molecule has 0 aliphatic carbocycles. The third-order valence-electron chi connectivity index (χ3n) is 5.47. The van der Waals surface area contributed by atoms with Gasteiger partial charge in [0.05, 0.1) is 30.1 Å². The molecule has 1 amide bonds. The van der Waals surface area contributed by atoms with Gasteiger partial charge in [0.25, 0.3) is 5.56 Å². The van der Waals surface area contributed by atoms with Gasteiger partial charge in [-0.25, -0.2) is 4.79 Å². The summed E-state index contributed by atoms with van der Waals surface area (Å²) in [6, 6.07) is 9.27. The first kappa shape index (κ1) is 25.9. The van der Waals surface area contributed by atoms with Crippen molar-refractivity contribution in [3.8, 4) is 0 Å². The molecule has 3 aromatic rings. The van der Waals surface area contributed by atoms with Gasteiger partial charge in [-0.1, -0.05) is 43.3 Å². The van der Waals surface area contributed by atoms with Crippen LogP contribution >= 0.6 is 0 Å². The van der Waals surface area contributed by atoms with Gasteiger partial charge in [-0.15, -0.1) is 0 Å². The Morgan fingerprint density at radius 3 is 2.51 bits per heavy atom. The second kappa shape index (κ2) is 11.1. The molecule has 3 rings (SSSR count). The van der Waals surface area contributed by atoms with E-state index in [9.17, 15) is 14.4 Å². The normalized spacial score (nSPS) is 12.9. The van der Waals surface area contributed by atoms with Crippen molar-refractivity contribution < 1.29 is 9.63 Å². The monoisotopic (exact) mass is 479 g/mol. The molecule has 9 nitrogen and oxygen atoms in total. The van der Waals surface area contributed by atoms with E-state index in [4.69, 9.17) is 4.84 Å². The van der Waals surface area contributed by atoms with E-state index in [-0.39, 0.29) is 36.6 Å². The molecule has 0 radical (unpaired) electrons. The molecule has 9 heteroatoms. The number of pyridine rings is 1. The fourth-order valence-corrected chi connectivity index (χ4v) is 3.61. The van der Waals surface area contributed by atoms with Crippen molar-refractivity contribution >= 4 is 22.4 Å². The van der Waals surface area contributed by atoms with Crippen LogP contribution in [0.3, 0.4) is 0 Å². The van der Waals surface area contributed by atoms with E-state index in [2.05, 4.69) is 15.5 Å². The lowest BCUT2D eigenvalue weighted by atomic mass is 10.1. The first-order valence-electron chi connectivity index (χ1n) is 11.8. The number of fused-ring (bicyclic) bond motifs is 1. The van der Waals surface area contributed by atoms with E-state index < -0.39 is 17.3 Å². The number of nitrogens with zero attached hydrogens (tertiary/aromatic N) is 4. The van der Waals surface area contributed by atoms with Gasteiger partial charge >= 0.3 is 5.69 Å². The van der Waals surface area contributed by atoms with Crippen LogP contribution in [0.2, 0.25) is 0 Å². The first-order valence-corrected chi connectivity index (χ1v) is 11.8. The van der Waals surface area contributed by atoms with E-state index in [0.717, 1.165) is 15.3 Å². The number of carbonyl (C=O) groups excluding carboxylic acids is 1. The number of carbonyl (C=O) groups is 1. The molecule has 0 bridgehead atoms. The molecule has 0 spiro atoms. The minimum Gasteiger partial charge on any atom is -0.393 e. The summed E-state index contributed by atoms with van der Waals surface area (Å²) in [6.45, 7) is 10.9. The lowest BCUT2D eigenvalue weighted by Crippen LogP contribution is -2.47. The summed E-state index contributed by atoms with van der Waals surface area (Å²) in [5.41, 5.74) is 0.326. The number of aromatic nitrogens is 3. The van der Waals surface area contributed by atoms with E-state index in [1.165, 1.54) is 10.8 Å². The average Bonchev–Trinajstić information content (AvgIpc) is 2.82. The topological polar surface area (TPSA) is 108 Å². The van der Waals surface area contributed by atoms with E-state index in [1.807, 2.05) is 44.2 Å². The van der Waals surface area contributed by atoms with Crippen LogP contribution in [0.1, 0.15) is 52.8 Å². The Bertz CT molecular complexity index is 1350. The SMILES string of the molecule is C/C(=N\OC(C)C)c1cn(Cc2nccc3ccccc23)c(=O)n(C[C@H](C)NC(=O)C(C)C)c1=O. The second-order valence-corrected chi connectivity index (χ2v) is 9.24. The summed E-state index contributed by atoms with van der Waals surface area (Å²) in [4.78, 5) is 48.8. The minimum atomic E-state index is -0.489. The van der Waals surface area contributed by atoms with Crippen LogP contribution < -0.4 is 16.6 Å². The average molecular weight is 480 g/mol. The highest BCUT2D eigenvalue weighted by Crippen LogP contribution is 2.17. The van der Waals surface area contributed by atoms with Gasteiger partial charge in [-0.3, -0.25) is 23.7 Å². The zero-order chi connectivity index (χ0) is 25.7. The van der Waals surface area contributed by atoms with Crippen molar-refractivity contribution in [1.29, 1.82) is 0 Å². The number of benzene rings is 1. The smallest absolute Gasteiger partial charge is 0.331 e. The molecule has 0 aliphatic heterocycles. The summed E-state index contributed by atoms with van der Waals surface area (Å²) in [5, 5.41) is 8.86. The summed E-state index contributed by atoms with van der Waals surface area (Å²) >= 11 is 0. The highest BCUT2D eigenvalue weighted by molar-refractivity contribution is 5.97. The van der Waals surface area contributed by atoms with Crippen LogP contribution in [0, 0.1) is 5.92 Å². The van der Waals surface area contributed by atoms with Gasteiger partial charge in [-0.2, -0.15) is 0 Å². The molecule has 2 heterocycles. The molecule has 35 heavy (non-hydrogen) atoms. The van der Waals surface area contributed by atoms with Gasteiger partial charge in [0.2, 0.25) is 5.91 Å². The van der Waals surface area contributed by atoms with Crippen molar-refractivity contribution in [3.05, 3.63) is 74.8 Å². The van der Waals surface area contributed by atoms with E-state index in [1.54, 1.807) is 33.9 Å². The zero-order valence-corrected chi connectivity index (χ0v) is 21.1. The number of hydrogen-bond donors (Lipinski definition) is 1. The highest BCUT2D eigenvalue weighted by Gasteiger charge is 2.19. The predicted octanol–water partition coefficient (Wildman–Crippen LogP) is 2.92. The molecule has 2 aromatic heterocycles. The Kier molecular flexibility index (Phi) is 8.22. The number of amides is 1. The Morgan fingerprint density at radius 2 is 1.83 bits per heavy atom. The third kappa shape index (κ3) is 6.23. The molecule has 0 saturated heterocycles. The van der Waals surface area contributed by atoms with Crippen molar-refractivity contribution in [2.24, 2.45) is 11.1 Å². The van der Waals surface area contributed by atoms with Crippen molar-refractivity contribution in [2.75, 3.05) is 0 Å². The van der Waals surface area contributed by atoms with Crippen LogP contribution in [0.15, 0.2) is 57.5 Å². The van der Waals surface area contributed by atoms with E-state index in [0.29, 0.717) is 11.4 Å². The molecule has 0 saturated carbocycles. The van der Waals surface area contributed by atoms with Crippen LogP contribution in [0.5, 0.6) is 0 Å². The first-order chi connectivity index (χ1) is 16.6. The predicted molar refractivity (Wildman–Crippen MR) is 137 cm³/mol. The Hall–Kier alpha value is -3.75. The summed E-state index contributed by atoms with van der Waals surface area (Å²) in [6.07, 6.45) is 3.04. The molecule has 186 valence electrons. The quantitative estimate of drug-likeness (QED) is 0.375. The number of nitrogens with one attached hydrogen (secondary N) is 1. The zero-order valence-electron chi connectivity index (χ0n) is 21.1. The molecule has 0 fully saturated rings. The van der Waals surface area contributed by atoms with Crippen molar-refractivity contribution in [2.45, 2.75) is 66.8 Å². The number of rotatable bonds is 9. The highest BCUT2D eigenvalue weighted by atomic mass is 16.6. The molecular weight excluding hydrogens is 446 g/mol. The Balaban J connectivity index is 2.10. The molecule has 0 unspecified atom stereocenters. The number of oxime groups is 1. The fraction of sp³-hybridized carbons (Fsp3) is 0.423. The fourth-order valence-electron chi connectivity index (χ4n) is 3.61. The largest absolute Gasteiger partial charge is 0.393 e. The van der Waals surface area contributed by atoms with E-state index >= 15 is 0 Å². The molecule has 0 aliphatic rings. The third-order valence-corrected chi connectivity index (χ3v) is 5.47. The maximum atomic E-state index is 13.4. The van der Waals surface area contributed by atoms with Gasteiger partial charge in [0, 0.05) is 29.7 Å². The standard InChI is InChI=1S/C26H33N5O4/c1-16(2)24(32)28-18(5)13-31-25(33)22(19(6)29-35-17(3)4)14-30(26(31)34)15-23-21-10-8-7-9-20(21)11-12-27-23/h7-12,14,16-18H,13,15H2,1-6H3,(H,28,32)/b29-19+/t18-/m0/s1. The summed E-state index contributed by atoms with van der Waals surface area (Å²) < 4.78 is 2.59. The van der Waals surface area contributed by atoms with Gasteiger partial charge < -0.3 is 10.2 Å². The Labute approximate surface area is 204 Å². The molecular formula is C26H33N5O4. The molecule has 1 aromatic carbocycles. The number of hydrogen-bond acceptors (Lipinski definition) is 6. The van der Waals surface area contributed by atoms with Gasteiger partial charge in [0.1, 0.15) is 6.10 Å². The second-order valence-electron chi connectivity index (χ2n) is 9.24. The van der Waals surface area contributed by atoms with Crippen LogP contribution in [0.4, 0.5) is 0 Å². The van der Waals surface area contributed by atoms with Crippen LogP contribution in [0.25, 0.3) is 10.8 Å². The van der Waals surface area contributed by atoms with Crippen LogP contribution in [-0.2, 0) is 22.7 Å². The lowest BCUT2D eigenvalue weighted by Gasteiger charge is -2.19. The molecule has 1 atom stereocenters. The maximum absolute atomic E-state index is 13.4. The Morgan fingerprint density at radius 1 is 1.11 bits per heavy atom.